The van der Waals surface area contributed by atoms with Gasteiger partial charge in [0.25, 0.3) is 0 Å². The van der Waals surface area contributed by atoms with Gasteiger partial charge in [0, 0.05) is 35.8 Å². The third kappa shape index (κ3) is 7.01. The molecule has 0 spiro atoms. The van der Waals surface area contributed by atoms with Gasteiger partial charge < -0.3 is 14.4 Å². The molecule has 1 aliphatic rings. The number of carbonyl (C=O) groups is 2. The van der Waals surface area contributed by atoms with Gasteiger partial charge in [0.2, 0.25) is 0 Å². The molecular weight excluding hydrogens is 511 g/mol. The Morgan fingerprint density at radius 3 is 2.38 bits per heavy atom. The highest BCUT2D eigenvalue weighted by Crippen LogP contribution is 2.44. The SMILES string of the molecule is COC(=O)C1C(C)=NC(C)=C(C(=O)OCC(C)(C)CN(C)Cc2ccccc2)C1c1cccc(Cl)c1Cl. The highest BCUT2D eigenvalue weighted by Gasteiger charge is 2.43. The summed E-state index contributed by atoms with van der Waals surface area (Å²) < 4.78 is 10.9. The van der Waals surface area contributed by atoms with Crippen molar-refractivity contribution >= 4 is 40.9 Å². The minimum atomic E-state index is -0.836. The number of esters is 2. The molecule has 1 aliphatic heterocycles. The van der Waals surface area contributed by atoms with Gasteiger partial charge in [-0.25, -0.2) is 4.79 Å². The molecular formula is C29H34Cl2N2O4. The van der Waals surface area contributed by atoms with E-state index in [-0.39, 0.29) is 22.6 Å². The minimum Gasteiger partial charge on any atom is -0.468 e. The summed E-state index contributed by atoms with van der Waals surface area (Å²) in [5.74, 6) is -2.63. The number of hydrogen-bond donors (Lipinski definition) is 0. The zero-order chi connectivity index (χ0) is 27.3. The summed E-state index contributed by atoms with van der Waals surface area (Å²) in [6, 6.07) is 15.4. The molecule has 0 saturated carbocycles. The van der Waals surface area contributed by atoms with Crippen molar-refractivity contribution in [3.8, 4) is 0 Å². The Morgan fingerprint density at radius 2 is 1.73 bits per heavy atom. The summed E-state index contributed by atoms with van der Waals surface area (Å²) in [6.07, 6.45) is 0. The molecule has 0 aromatic heterocycles. The van der Waals surface area contributed by atoms with Crippen LogP contribution in [0.4, 0.5) is 0 Å². The fraction of sp³-hybridized carbons (Fsp3) is 0.414. The maximum atomic E-state index is 13.6. The minimum absolute atomic E-state index is 0.184. The van der Waals surface area contributed by atoms with E-state index in [1.54, 1.807) is 32.0 Å². The summed E-state index contributed by atoms with van der Waals surface area (Å²) in [6.45, 7) is 9.25. The first-order chi connectivity index (χ1) is 17.4. The van der Waals surface area contributed by atoms with Crippen LogP contribution in [0.3, 0.4) is 0 Å². The van der Waals surface area contributed by atoms with Crippen LogP contribution in [0.1, 0.15) is 44.7 Å². The van der Waals surface area contributed by atoms with E-state index in [1.165, 1.54) is 12.7 Å². The number of nitrogens with zero attached hydrogens (tertiary/aromatic N) is 2. The van der Waals surface area contributed by atoms with E-state index >= 15 is 0 Å². The maximum Gasteiger partial charge on any atom is 0.336 e. The number of aliphatic imine (C=N–C) groups is 1. The lowest BCUT2D eigenvalue weighted by Crippen LogP contribution is -2.38. The van der Waals surface area contributed by atoms with Gasteiger partial charge in [0.05, 0.1) is 29.3 Å². The average Bonchev–Trinajstić information content (AvgIpc) is 2.83. The third-order valence-corrected chi connectivity index (χ3v) is 7.24. The Hall–Kier alpha value is -2.67. The molecule has 0 fully saturated rings. The van der Waals surface area contributed by atoms with Crippen molar-refractivity contribution in [1.29, 1.82) is 0 Å². The van der Waals surface area contributed by atoms with Crippen LogP contribution in [-0.2, 0) is 25.6 Å². The molecule has 1 heterocycles. The van der Waals surface area contributed by atoms with Crippen molar-refractivity contribution in [1.82, 2.24) is 4.90 Å². The monoisotopic (exact) mass is 544 g/mol. The first kappa shape index (κ1) is 28.9. The molecule has 2 unspecified atom stereocenters. The number of hydrogen-bond acceptors (Lipinski definition) is 6. The second-order valence-corrected chi connectivity index (χ2v) is 11.1. The quantitative estimate of drug-likeness (QED) is 0.345. The molecule has 8 heteroatoms. The van der Waals surface area contributed by atoms with E-state index < -0.39 is 23.8 Å². The van der Waals surface area contributed by atoms with Crippen LogP contribution in [0.2, 0.25) is 10.0 Å². The number of benzene rings is 2. The Kier molecular flexibility index (Phi) is 9.57. The van der Waals surface area contributed by atoms with Gasteiger partial charge in [-0.1, -0.05) is 79.5 Å². The summed E-state index contributed by atoms with van der Waals surface area (Å²) in [4.78, 5) is 33.2. The standard InChI is InChI=1S/C29H34Cl2N2O4/c1-18-23(27(34)36-6)25(21-13-10-14-22(30)26(21)31)24(19(2)32-18)28(35)37-17-29(3,4)16-33(5)15-20-11-8-7-9-12-20/h7-14,23,25H,15-17H2,1-6H3. The van der Waals surface area contributed by atoms with Gasteiger partial charge in [-0.3, -0.25) is 9.79 Å². The molecule has 0 radical (unpaired) electrons. The molecule has 2 atom stereocenters. The van der Waals surface area contributed by atoms with Crippen molar-refractivity contribution in [2.24, 2.45) is 16.3 Å². The van der Waals surface area contributed by atoms with E-state index in [0.29, 0.717) is 28.5 Å². The van der Waals surface area contributed by atoms with Crippen LogP contribution in [-0.4, -0.2) is 49.9 Å². The number of methoxy groups -OCH3 is 1. The molecule has 0 N–H and O–H groups in total. The second-order valence-electron chi connectivity index (χ2n) is 10.3. The lowest BCUT2D eigenvalue weighted by Gasteiger charge is -2.33. The molecule has 0 bridgehead atoms. The van der Waals surface area contributed by atoms with Crippen molar-refractivity contribution in [3.63, 3.8) is 0 Å². The predicted molar refractivity (Wildman–Crippen MR) is 148 cm³/mol. The molecule has 3 rings (SSSR count). The normalized spacial score (nSPS) is 18.0. The van der Waals surface area contributed by atoms with Crippen LogP contribution in [0.5, 0.6) is 0 Å². The second kappa shape index (κ2) is 12.2. The van der Waals surface area contributed by atoms with E-state index in [0.717, 1.165) is 6.54 Å². The van der Waals surface area contributed by atoms with Gasteiger partial charge in [-0.05, 0) is 38.1 Å². The summed E-state index contributed by atoms with van der Waals surface area (Å²) in [5, 5.41) is 0.606. The molecule has 37 heavy (non-hydrogen) atoms. The summed E-state index contributed by atoms with van der Waals surface area (Å²) in [5.41, 5.74) is 2.72. The van der Waals surface area contributed by atoms with Crippen LogP contribution < -0.4 is 0 Å². The zero-order valence-corrected chi connectivity index (χ0v) is 23.7. The lowest BCUT2D eigenvalue weighted by atomic mass is 9.75. The third-order valence-electron chi connectivity index (χ3n) is 6.41. The Bertz CT molecular complexity index is 1210. The van der Waals surface area contributed by atoms with Gasteiger partial charge in [-0.2, -0.15) is 0 Å². The topological polar surface area (TPSA) is 68.2 Å². The fourth-order valence-corrected chi connectivity index (χ4v) is 5.32. The summed E-state index contributed by atoms with van der Waals surface area (Å²) in [7, 11) is 3.35. The molecule has 0 amide bonds. The van der Waals surface area contributed by atoms with Crippen molar-refractivity contribution < 1.29 is 19.1 Å². The Morgan fingerprint density at radius 1 is 1.05 bits per heavy atom. The van der Waals surface area contributed by atoms with Gasteiger partial charge >= 0.3 is 11.9 Å². The smallest absolute Gasteiger partial charge is 0.336 e. The highest BCUT2D eigenvalue weighted by molar-refractivity contribution is 6.42. The highest BCUT2D eigenvalue weighted by atomic mass is 35.5. The van der Waals surface area contributed by atoms with E-state index in [1.807, 2.05) is 25.2 Å². The Labute approximate surface area is 229 Å². The van der Waals surface area contributed by atoms with Crippen molar-refractivity contribution in [2.45, 2.75) is 40.2 Å². The largest absolute Gasteiger partial charge is 0.468 e. The molecule has 198 valence electrons. The molecule has 2 aromatic carbocycles. The molecule has 0 aliphatic carbocycles. The van der Waals surface area contributed by atoms with Crippen molar-refractivity contribution in [2.75, 3.05) is 27.3 Å². The Balaban J connectivity index is 1.85. The fourth-order valence-electron chi connectivity index (χ4n) is 4.90. The van der Waals surface area contributed by atoms with E-state index in [2.05, 4.69) is 35.9 Å². The summed E-state index contributed by atoms with van der Waals surface area (Å²) >= 11 is 12.9. The van der Waals surface area contributed by atoms with Crippen LogP contribution in [0.25, 0.3) is 0 Å². The zero-order valence-electron chi connectivity index (χ0n) is 22.2. The average molecular weight is 546 g/mol. The van der Waals surface area contributed by atoms with Crippen LogP contribution >= 0.6 is 23.2 Å². The number of rotatable bonds is 9. The first-order valence-electron chi connectivity index (χ1n) is 12.1. The predicted octanol–water partition coefficient (Wildman–Crippen LogP) is 6.32. The number of halogens is 2. The molecule has 0 saturated heterocycles. The lowest BCUT2D eigenvalue weighted by molar-refractivity contribution is -0.145. The maximum absolute atomic E-state index is 13.6. The van der Waals surface area contributed by atoms with Crippen LogP contribution in [0, 0.1) is 11.3 Å². The van der Waals surface area contributed by atoms with Crippen LogP contribution in [0.15, 0.2) is 64.8 Å². The molecule has 2 aromatic rings. The molecule has 6 nitrogen and oxygen atoms in total. The van der Waals surface area contributed by atoms with E-state index in [4.69, 9.17) is 32.7 Å². The number of allylic oxidation sites excluding steroid dienone is 1. The van der Waals surface area contributed by atoms with Gasteiger partial charge in [0.1, 0.15) is 5.92 Å². The first-order valence-corrected chi connectivity index (χ1v) is 12.9. The van der Waals surface area contributed by atoms with E-state index in [9.17, 15) is 9.59 Å². The van der Waals surface area contributed by atoms with Gasteiger partial charge in [0.15, 0.2) is 0 Å². The number of carbonyl (C=O) groups excluding carboxylic acids is 2. The number of ether oxygens (including phenoxy) is 2. The van der Waals surface area contributed by atoms with Gasteiger partial charge in [-0.15, -0.1) is 0 Å². The van der Waals surface area contributed by atoms with Crippen molar-refractivity contribution in [3.05, 3.63) is 81.0 Å².